The molecule has 0 fully saturated rings. The van der Waals surface area contributed by atoms with Gasteiger partial charge in [0.15, 0.2) is 0 Å². The van der Waals surface area contributed by atoms with Gasteiger partial charge in [-0.25, -0.2) is 0 Å². The Balaban J connectivity index is 2.14. The lowest BCUT2D eigenvalue weighted by Gasteiger charge is -2.07. The van der Waals surface area contributed by atoms with Crippen LogP contribution in [0.1, 0.15) is 12.8 Å². The van der Waals surface area contributed by atoms with Crippen LogP contribution in [0.2, 0.25) is 0 Å². The normalized spacial score (nSPS) is 17.7. The highest BCUT2D eigenvalue weighted by Gasteiger charge is 2.17. The summed E-state index contributed by atoms with van der Waals surface area (Å²) in [5.74, 6) is 0. The lowest BCUT2D eigenvalue weighted by atomic mass is 10.2. The van der Waals surface area contributed by atoms with Crippen molar-refractivity contribution in [2.45, 2.75) is 17.7 Å². The quantitative estimate of drug-likeness (QED) is 0.850. The summed E-state index contributed by atoms with van der Waals surface area (Å²) in [4.78, 5) is 8.28. The molecule has 0 atom stereocenters. The molecule has 6 heteroatoms. The number of aromatic nitrogens is 1. The van der Waals surface area contributed by atoms with E-state index in [1.54, 1.807) is 36.8 Å². The monoisotopic (exact) mass is 287 g/mol. The van der Waals surface area contributed by atoms with Gasteiger partial charge in [-0.15, -0.1) is 0 Å². The fourth-order valence-corrected chi connectivity index (χ4v) is 3.44. The van der Waals surface area contributed by atoms with E-state index in [0.717, 1.165) is 18.4 Å². The topological polar surface area (TPSA) is 71.8 Å². The molecule has 1 aliphatic heterocycles. The molecule has 0 radical (unpaired) electrons. The van der Waals surface area contributed by atoms with Crippen LogP contribution < -0.4 is 0 Å². The highest BCUT2D eigenvalue weighted by molar-refractivity contribution is 7.90. The number of hydrogen-bond donors (Lipinski definition) is 0. The Bertz CT molecular complexity index is 805. The summed E-state index contributed by atoms with van der Waals surface area (Å²) >= 11 is 0. The Morgan fingerprint density at radius 3 is 2.90 bits per heavy atom. The molecule has 2 aromatic rings. The molecule has 1 aliphatic rings. The zero-order chi connectivity index (χ0) is 14.0. The van der Waals surface area contributed by atoms with Crippen LogP contribution in [-0.2, 0) is 10.0 Å². The fraction of sp³-hybridized carbons (Fsp3) is 0.214. The second kappa shape index (κ2) is 5.13. The van der Waals surface area contributed by atoms with Crippen LogP contribution in [0.5, 0.6) is 0 Å². The van der Waals surface area contributed by atoms with E-state index in [4.69, 9.17) is 0 Å². The third-order valence-electron chi connectivity index (χ3n) is 3.12. The molecule has 0 N–H and O–H groups in total. The van der Waals surface area contributed by atoms with E-state index >= 15 is 0 Å². The number of nitrogens with zero attached hydrogens (tertiary/aromatic N) is 3. The molecule has 0 amide bonds. The lowest BCUT2D eigenvalue weighted by Crippen LogP contribution is -2.11. The van der Waals surface area contributed by atoms with Gasteiger partial charge >= 0.3 is 0 Å². The first-order chi connectivity index (χ1) is 9.67. The van der Waals surface area contributed by atoms with E-state index in [9.17, 15) is 8.42 Å². The SMILES string of the molecule is O=S(=O)(/N=C1/C=NCCC1)c1cccc2cnccc12. The third kappa shape index (κ3) is 2.46. The van der Waals surface area contributed by atoms with Crippen molar-refractivity contribution in [3.05, 3.63) is 36.7 Å². The van der Waals surface area contributed by atoms with E-state index in [2.05, 4.69) is 14.4 Å². The van der Waals surface area contributed by atoms with Gasteiger partial charge in [-0.1, -0.05) is 12.1 Å². The Morgan fingerprint density at radius 1 is 1.20 bits per heavy atom. The number of rotatable bonds is 2. The molecule has 0 saturated carbocycles. The van der Waals surface area contributed by atoms with Crippen molar-refractivity contribution in [1.29, 1.82) is 0 Å². The van der Waals surface area contributed by atoms with E-state index in [1.807, 2.05) is 6.07 Å². The van der Waals surface area contributed by atoms with Gasteiger partial charge in [0, 0.05) is 35.9 Å². The van der Waals surface area contributed by atoms with Crippen LogP contribution in [0.15, 0.2) is 50.9 Å². The van der Waals surface area contributed by atoms with Crippen LogP contribution in [0, 0.1) is 0 Å². The van der Waals surface area contributed by atoms with Crippen molar-refractivity contribution in [2.24, 2.45) is 9.39 Å². The summed E-state index contributed by atoms with van der Waals surface area (Å²) in [7, 11) is -3.72. The minimum Gasteiger partial charge on any atom is -0.291 e. The Labute approximate surface area is 117 Å². The summed E-state index contributed by atoms with van der Waals surface area (Å²) in [5, 5.41) is 1.42. The predicted octanol–water partition coefficient (Wildman–Crippen LogP) is 2.23. The number of pyridine rings is 1. The van der Waals surface area contributed by atoms with Crippen LogP contribution in [0.25, 0.3) is 10.8 Å². The Hall–Kier alpha value is -2.08. The Morgan fingerprint density at radius 2 is 2.10 bits per heavy atom. The minimum atomic E-state index is -3.72. The highest BCUT2D eigenvalue weighted by Crippen LogP contribution is 2.24. The van der Waals surface area contributed by atoms with Gasteiger partial charge in [0.1, 0.15) is 0 Å². The van der Waals surface area contributed by atoms with Crippen LogP contribution in [0.3, 0.4) is 0 Å². The van der Waals surface area contributed by atoms with Crippen molar-refractivity contribution in [3.8, 4) is 0 Å². The van der Waals surface area contributed by atoms with Crippen molar-refractivity contribution in [3.63, 3.8) is 0 Å². The first kappa shape index (κ1) is 12.9. The second-order valence-electron chi connectivity index (χ2n) is 4.55. The van der Waals surface area contributed by atoms with E-state index < -0.39 is 10.0 Å². The Kier molecular flexibility index (Phi) is 3.31. The molecule has 5 nitrogen and oxygen atoms in total. The second-order valence-corrected chi connectivity index (χ2v) is 6.12. The zero-order valence-electron chi connectivity index (χ0n) is 10.7. The third-order valence-corrected chi connectivity index (χ3v) is 4.50. The van der Waals surface area contributed by atoms with Crippen molar-refractivity contribution < 1.29 is 8.42 Å². The molecule has 0 saturated heterocycles. The largest absolute Gasteiger partial charge is 0.291 e. The first-order valence-electron chi connectivity index (χ1n) is 6.33. The molecule has 3 rings (SSSR count). The fourth-order valence-electron chi connectivity index (χ4n) is 2.18. The molecular formula is C14H13N3O2S. The molecule has 102 valence electrons. The molecule has 20 heavy (non-hydrogen) atoms. The van der Waals surface area contributed by atoms with E-state index in [1.165, 1.54) is 0 Å². The number of aliphatic imine (C=N–C) groups is 1. The summed E-state index contributed by atoms with van der Waals surface area (Å²) < 4.78 is 28.8. The van der Waals surface area contributed by atoms with E-state index in [0.29, 0.717) is 17.5 Å². The smallest absolute Gasteiger partial charge is 0.283 e. The maximum Gasteiger partial charge on any atom is 0.283 e. The summed E-state index contributed by atoms with van der Waals surface area (Å²) in [5.41, 5.74) is 0.516. The molecule has 0 bridgehead atoms. The number of fused-ring (bicyclic) bond motifs is 1. The number of benzene rings is 1. The molecule has 1 aromatic carbocycles. The van der Waals surface area contributed by atoms with Gasteiger partial charge in [0.2, 0.25) is 0 Å². The minimum absolute atomic E-state index is 0.212. The summed E-state index contributed by atoms with van der Waals surface area (Å²) in [6.07, 6.45) is 6.26. The van der Waals surface area contributed by atoms with Crippen molar-refractivity contribution in [1.82, 2.24) is 4.98 Å². The van der Waals surface area contributed by atoms with Gasteiger partial charge in [-0.05, 0) is 25.0 Å². The predicted molar refractivity (Wildman–Crippen MR) is 79.0 cm³/mol. The van der Waals surface area contributed by atoms with Gasteiger partial charge in [0.05, 0.1) is 10.6 Å². The average molecular weight is 287 g/mol. The first-order valence-corrected chi connectivity index (χ1v) is 7.77. The highest BCUT2D eigenvalue weighted by atomic mass is 32.2. The van der Waals surface area contributed by atoms with Crippen molar-refractivity contribution in [2.75, 3.05) is 6.54 Å². The van der Waals surface area contributed by atoms with Crippen LogP contribution >= 0.6 is 0 Å². The standard InChI is InChI=1S/C14H13N3O2S/c18-20(19,17-12-4-2-7-15-10-12)14-5-1-3-11-9-16-8-6-13(11)14/h1,3,5-6,8-10H,2,4,7H2/b17-12+. The molecule has 1 aromatic heterocycles. The van der Waals surface area contributed by atoms with Gasteiger partial charge < -0.3 is 0 Å². The molecule has 0 spiro atoms. The van der Waals surface area contributed by atoms with Crippen LogP contribution in [-0.4, -0.2) is 31.9 Å². The van der Waals surface area contributed by atoms with Crippen molar-refractivity contribution >= 4 is 32.7 Å². The van der Waals surface area contributed by atoms with Gasteiger partial charge in [-0.2, -0.15) is 12.8 Å². The average Bonchev–Trinajstić information content (AvgIpc) is 2.47. The molecule has 2 heterocycles. The van der Waals surface area contributed by atoms with Gasteiger partial charge in [-0.3, -0.25) is 9.98 Å². The molecule has 0 unspecified atom stereocenters. The van der Waals surface area contributed by atoms with Gasteiger partial charge in [0.25, 0.3) is 10.0 Å². The molecular weight excluding hydrogens is 274 g/mol. The number of hydrogen-bond acceptors (Lipinski definition) is 4. The maximum absolute atomic E-state index is 12.4. The van der Waals surface area contributed by atoms with E-state index in [-0.39, 0.29) is 4.90 Å². The number of sulfonamides is 1. The lowest BCUT2D eigenvalue weighted by molar-refractivity contribution is 0.598. The maximum atomic E-state index is 12.4. The van der Waals surface area contributed by atoms with Crippen LogP contribution in [0.4, 0.5) is 0 Å². The molecule has 0 aliphatic carbocycles. The zero-order valence-corrected chi connectivity index (χ0v) is 11.5. The summed E-state index contributed by atoms with van der Waals surface area (Å²) in [6, 6.07) is 6.79. The summed E-state index contributed by atoms with van der Waals surface area (Å²) in [6.45, 7) is 0.735.